The van der Waals surface area contributed by atoms with Crippen molar-refractivity contribution in [2.75, 3.05) is 26.2 Å². The third kappa shape index (κ3) is 5.49. The van der Waals surface area contributed by atoms with Crippen molar-refractivity contribution in [3.05, 3.63) is 35.9 Å². The van der Waals surface area contributed by atoms with Gasteiger partial charge in [0.1, 0.15) is 12.4 Å². The Hall–Kier alpha value is -1.28. The van der Waals surface area contributed by atoms with Crippen molar-refractivity contribution >= 4 is 6.08 Å². The first kappa shape index (κ1) is 17.1. The lowest BCUT2D eigenvalue weighted by Gasteiger charge is -2.19. The summed E-state index contributed by atoms with van der Waals surface area (Å²) in [5, 5.41) is 0. The molecule has 0 saturated heterocycles. The summed E-state index contributed by atoms with van der Waals surface area (Å²) in [6.45, 7) is 8.32. The second-order valence-corrected chi connectivity index (χ2v) is 6.17. The lowest BCUT2D eigenvalue weighted by Crippen LogP contribution is -2.27. The van der Waals surface area contributed by atoms with Gasteiger partial charge in [-0.2, -0.15) is 0 Å². The minimum absolute atomic E-state index is 0.760. The minimum atomic E-state index is 0.760. The summed E-state index contributed by atoms with van der Waals surface area (Å²) < 4.78 is 6.02. The monoisotopic (exact) mass is 301 g/mol. The molecule has 0 heterocycles. The van der Waals surface area contributed by atoms with E-state index in [1.54, 1.807) is 0 Å². The number of nitrogens with zero attached hydrogens (tertiary/aromatic N) is 1. The molecule has 0 atom stereocenters. The molecule has 0 spiro atoms. The van der Waals surface area contributed by atoms with Crippen LogP contribution in [-0.2, 0) is 0 Å². The van der Waals surface area contributed by atoms with Crippen molar-refractivity contribution < 1.29 is 4.74 Å². The maximum Gasteiger partial charge on any atom is 0.126 e. The maximum absolute atomic E-state index is 6.02. The van der Waals surface area contributed by atoms with Crippen LogP contribution in [0.25, 0.3) is 6.08 Å². The van der Waals surface area contributed by atoms with Crippen LogP contribution in [0, 0.1) is 5.92 Å². The first-order valence-electron chi connectivity index (χ1n) is 8.95. The molecule has 122 valence electrons. The van der Waals surface area contributed by atoms with Crippen molar-refractivity contribution in [2.45, 2.75) is 46.0 Å². The lowest BCUT2D eigenvalue weighted by molar-refractivity contribution is 0.222. The van der Waals surface area contributed by atoms with Gasteiger partial charge in [0.05, 0.1) is 0 Å². The summed E-state index contributed by atoms with van der Waals surface area (Å²) >= 11 is 0. The van der Waals surface area contributed by atoms with Crippen molar-refractivity contribution in [1.82, 2.24) is 4.90 Å². The second kappa shape index (κ2) is 9.68. The van der Waals surface area contributed by atoms with Crippen LogP contribution in [0.1, 0.15) is 51.5 Å². The zero-order valence-electron chi connectivity index (χ0n) is 14.3. The van der Waals surface area contributed by atoms with Gasteiger partial charge in [0.15, 0.2) is 0 Å². The predicted molar refractivity (Wildman–Crippen MR) is 95.3 cm³/mol. The highest BCUT2D eigenvalue weighted by Gasteiger charge is 2.10. The average molecular weight is 301 g/mol. The fourth-order valence-corrected chi connectivity index (χ4v) is 3.14. The Morgan fingerprint density at radius 2 is 1.82 bits per heavy atom. The summed E-state index contributed by atoms with van der Waals surface area (Å²) in [5.41, 5.74) is 1.22. The van der Waals surface area contributed by atoms with Gasteiger partial charge in [-0.15, -0.1) is 0 Å². The number of para-hydroxylation sites is 1. The van der Waals surface area contributed by atoms with Gasteiger partial charge < -0.3 is 9.64 Å². The van der Waals surface area contributed by atoms with E-state index in [1.807, 2.05) is 0 Å². The number of allylic oxidation sites excluding steroid dienone is 1. The van der Waals surface area contributed by atoms with Crippen molar-refractivity contribution in [1.29, 1.82) is 0 Å². The number of hydrogen-bond donors (Lipinski definition) is 0. The van der Waals surface area contributed by atoms with E-state index < -0.39 is 0 Å². The Balaban J connectivity index is 1.90. The number of benzene rings is 1. The van der Waals surface area contributed by atoms with E-state index in [9.17, 15) is 0 Å². The molecule has 0 unspecified atom stereocenters. The standard InChI is InChI=1S/C20H31NO/c1-3-21(4-2)16-17-22-20-13-9-8-12-19(20)15-14-18-10-6-5-7-11-18/h8-9,12-15,18H,3-7,10-11,16-17H2,1-2H3. The minimum Gasteiger partial charge on any atom is -0.492 e. The van der Waals surface area contributed by atoms with Crippen LogP contribution in [0.4, 0.5) is 0 Å². The molecular weight excluding hydrogens is 270 g/mol. The highest BCUT2D eigenvalue weighted by molar-refractivity contribution is 5.57. The van der Waals surface area contributed by atoms with Crippen LogP contribution in [0.5, 0.6) is 5.75 Å². The van der Waals surface area contributed by atoms with E-state index >= 15 is 0 Å². The first-order chi connectivity index (χ1) is 10.8. The van der Waals surface area contributed by atoms with Gasteiger partial charge in [0.2, 0.25) is 0 Å². The van der Waals surface area contributed by atoms with Crippen LogP contribution in [0.15, 0.2) is 30.3 Å². The molecule has 0 radical (unpaired) electrons. The smallest absolute Gasteiger partial charge is 0.126 e. The molecule has 1 aromatic carbocycles. The summed E-state index contributed by atoms with van der Waals surface area (Å²) in [5.74, 6) is 1.78. The average Bonchev–Trinajstić information content (AvgIpc) is 2.59. The Labute approximate surface area is 136 Å². The molecule has 0 aliphatic heterocycles. The number of likely N-dealkylation sites (N-methyl/N-ethyl adjacent to an activating group) is 1. The first-order valence-corrected chi connectivity index (χ1v) is 8.95. The molecule has 22 heavy (non-hydrogen) atoms. The number of hydrogen-bond acceptors (Lipinski definition) is 2. The molecule has 0 aromatic heterocycles. The van der Waals surface area contributed by atoms with Gasteiger partial charge in [-0.3, -0.25) is 0 Å². The highest BCUT2D eigenvalue weighted by atomic mass is 16.5. The van der Waals surface area contributed by atoms with Gasteiger partial charge in [0, 0.05) is 12.1 Å². The number of ether oxygens (including phenoxy) is 1. The van der Waals surface area contributed by atoms with Gasteiger partial charge in [-0.1, -0.05) is 63.5 Å². The van der Waals surface area contributed by atoms with Gasteiger partial charge in [0.25, 0.3) is 0 Å². The molecule has 1 aromatic rings. The molecule has 0 N–H and O–H groups in total. The van der Waals surface area contributed by atoms with Gasteiger partial charge in [-0.05, 0) is 37.9 Å². The second-order valence-electron chi connectivity index (χ2n) is 6.17. The SMILES string of the molecule is CCN(CC)CCOc1ccccc1C=CC1CCCCC1. The van der Waals surface area contributed by atoms with Crippen LogP contribution < -0.4 is 4.74 Å². The fourth-order valence-electron chi connectivity index (χ4n) is 3.14. The van der Waals surface area contributed by atoms with E-state index in [-0.39, 0.29) is 0 Å². The van der Waals surface area contributed by atoms with Gasteiger partial charge >= 0.3 is 0 Å². The predicted octanol–water partition coefficient (Wildman–Crippen LogP) is 5.00. The summed E-state index contributed by atoms with van der Waals surface area (Å²) in [6.07, 6.45) is 11.5. The van der Waals surface area contributed by atoms with Crippen LogP contribution in [0.2, 0.25) is 0 Å². The molecular formula is C20H31NO. The lowest BCUT2D eigenvalue weighted by atomic mass is 9.89. The topological polar surface area (TPSA) is 12.5 Å². The highest BCUT2D eigenvalue weighted by Crippen LogP contribution is 2.27. The molecule has 1 aliphatic carbocycles. The molecule has 1 aliphatic rings. The van der Waals surface area contributed by atoms with Crippen molar-refractivity contribution in [2.24, 2.45) is 5.92 Å². The third-order valence-corrected chi connectivity index (χ3v) is 4.68. The zero-order chi connectivity index (χ0) is 15.6. The summed E-state index contributed by atoms with van der Waals surface area (Å²) in [4.78, 5) is 2.39. The van der Waals surface area contributed by atoms with E-state index in [0.717, 1.165) is 37.9 Å². The maximum atomic E-state index is 6.02. The molecule has 0 amide bonds. The summed E-state index contributed by atoms with van der Waals surface area (Å²) in [6, 6.07) is 8.40. The molecule has 2 heteroatoms. The van der Waals surface area contributed by atoms with E-state index in [0.29, 0.717) is 0 Å². The van der Waals surface area contributed by atoms with Crippen LogP contribution in [0.3, 0.4) is 0 Å². The molecule has 2 rings (SSSR count). The van der Waals surface area contributed by atoms with Crippen molar-refractivity contribution in [3.8, 4) is 5.75 Å². The number of rotatable bonds is 8. The molecule has 0 bridgehead atoms. The quantitative estimate of drug-likeness (QED) is 0.670. The van der Waals surface area contributed by atoms with Gasteiger partial charge in [-0.25, -0.2) is 0 Å². The van der Waals surface area contributed by atoms with E-state index in [4.69, 9.17) is 4.74 Å². The Kier molecular flexibility index (Phi) is 7.51. The van der Waals surface area contributed by atoms with E-state index in [1.165, 1.54) is 37.7 Å². The van der Waals surface area contributed by atoms with Crippen molar-refractivity contribution in [3.63, 3.8) is 0 Å². The Morgan fingerprint density at radius 1 is 1.09 bits per heavy atom. The third-order valence-electron chi connectivity index (χ3n) is 4.68. The van der Waals surface area contributed by atoms with Crippen LogP contribution in [-0.4, -0.2) is 31.1 Å². The molecule has 1 fully saturated rings. The fraction of sp³-hybridized carbons (Fsp3) is 0.600. The Morgan fingerprint density at radius 3 is 2.55 bits per heavy atom. The summed E-state index contributed by atoms with van der Waals surface area (Å²) in [7, 11) is 0. The molecule has 2 nitrogen and oxygen atoms in total. The largest absolute Gasteiger partial charge is 0.492 e. The van der Waals surface area contributed by atoms with E-state index in [2.05, 4.69) is 55.2 Å². The normalized spacial score (nSPS) is 16.5. The zero-order valence-corrected chi connectivity index (χ0v) is 14.3. The molecule has 1 saturated carbocycles. The van der Waals surface area contributed by atoms with Crippen LogP contribution >= 0.6 is 0 Å². The Bertz CT molecular complexity index is 445.